The molecule has 1 aromatic carbocycles. The van der Waals surface area contributed by atoms with Gasteiger partial charge in [-0.2, -0.15) is 4.91 Å². The summed E-state index contributed by atoms with van der Waals surface area (Å²) in [7, 11) is 0. The van der Waals surface area contributed by atoms with Gasteiger partial charge in [0.05, 0.1) is 19.6 Å². The lowest BCUT2D eigenvalue weighted by atomic mass is 10.0. The van der Waals surface area contributed by atoms with Crippen molar-refractivity contribution in [3.8, 4) is 0 Å². The summed E-state index contributed by atoms with van der Waals surface area (Å²) < 4.78 is 4.52. The summed E-state index contributed by atoms with van der Waals surface area (Å²) in [4.78, 5) is 44.3. The van der Waals surface area contributed by atoms with Crippen molar-refractivity contribution in [2.45, 2.75) is 19.8 Å². The van der Waals surface area contributed by atoms with Crippen LogP contribution < -0.4 is 0 Å². The molecule has 0 spiro atoms. The van der Waals surface area contributed by atoms with Gasteiger partial charge in [-0.05, 0) is 18.9 Å². The first-order chi connectivity index (χ1) is 9.58. The van der Waals surface area contributed by atoms with Crippen molar-refractivity contribution in [3.05, 3.63) is 40.3 Å². The van der Waals surface area contributed by atoms with Crippen molar-refractivity contribution >= 4 is 17.5 Å². The third kappa shape index (κ3) is 4.72. The van der Waals surface area contributed by atoms with Gasteiger partial charge in [0.25, 0.3) is 0 Å². The summed E-state index contributed by atoms with van der Waals surface area (Å²) in [6.45, 7) is 1.85. The molecule has 6 heteroatoms. The second kappa shape index (κ2) is 7.93. The van der Waals surface area contributed by atoms with Crippen LogP contribution in [-0.4, -0.2) is 30.7 Å². The van der Waals surface area contributed by atoms with E-state index in [9.17, 15) is 19.3 Å². The van der Waals surface area contributed by atoms with Crippen LogP contribution in [0.1, 0.15) is 29.3 Å². The SMILES string of the molecule is CCOC(=O)C(=O)CC(=O)c1ccc(CCN=O)cc1. The Hall–Kier alpha value is -2.37. The zero-order chi connectivity index (χ0) is 15.0. The van der Waals surface area contributed by atoms with E-state index in [0.717, 1.165) is 5.56 Å². The van der Waals surface area contributed by atoms with Crippen LogP contribution in [0.4, 0.5) is 0 Å². The number of nitroso groups, excluding NO2 is 1. The van der Waals surface area contributed by atoms with Gasteiger partial charge in [0.2, 0.25) is 5.78 Å². The molecule has 1 aromatic rings. The predicted octanol–water partition coefficient (Wildman–Crippen LogP) is 1.70. The second-order valence-electron chi connectivity index (χ2n) is 4.04. The molecule has 0 aliphatic carbocycles. The quantitative estimate of drug-likeness (QED) is 0.237. The first-order valence-electron chi connectivity index (χ1n) is 6.19. The van der Waals surface area contributed by atoms with Gasteiger partial charge in [0.15, 0.2) is 5.78 Å². The Morgan fingerprint density at radius 3 is 2.35 bits per heavy atom. The molecule has 0 aromatic heterocycles. The Balaban J connectivity index is 2.61. The van der Waals surface area contributed by atoms with E-state index in [1.165, 1.54) is 0 Å². The molecule has 20 heavy (non-hydrogen) atoms. The van der Waals surface area contributed by atoms with Crippen molar-refractivity contribution in [1.29, 1.82) is 0 Å². The van der Waals surface area contributed by atoms with Crippen LogP contribution in [-0.2, 0) is 20.7 Å². The molecule has 0 saturated carbocycles. The van der Waals surface area contributed by atoms with Gasteiger partial charge < -0.3 is 4.74 Å². The zero-order valence-electron chi connectivity index (χ0n) is 11.1. The van der Waals surface area contributed by atoms with E-state index < -0.39 is 24.0 Å². The predicted molar refractivity (Wildman–Crippen MR) is 71.4 cm³/mol. The average molecular weight is 277 g/mol. The van der Waals surface area contributed by atoms with Gasteiger partial charge in [-0.15, -0.1) is 0 Å². The number of hydrogen-bond acceptors (Lipinski definition) is 6. The number of Topliss-reactive ketones (excluding diaryl/α,β-unsaturated/α-hetero) is 2. The fourth-order valence-electron chi connectivity index (χ4n) is 1.56. The molecule has 0 fully saturated rings. The molecule has 0 N–H and O–H groups in total. The van der Waals surface area contributed by atoms with Crippen LogP contribution in [0.2, 0.25) is 0 Å². The minimum atomic E-state index is -0.991. The Kier molecular flexibility index (Phi) is 6.22. The lowest BCUT2D eigenvalue weighted by molar-refractivity contribution is -0.153. The molecule has 6 nitrogen and oxygen atoms in total. The number of hydrogen-bond donors (Lipinski definition) is 0. The molecule has 0 unspecified atom stereocenters. The minimum Gasteiger partial charge on any atom is -0.460 e. The maximum Gasteiger partial charge on any atom is 0.375 e. The number of esters is 1. The Morgan fingerprint density at radius 2 is 1.80 bits per heavy atom. The van der Waals surface area contributed by atoms with Crippen molar-refractivity contribution in [2.75, 3.05) is 13.2 Å². The first-order valence-corrected chi connectivity index (χ1v) is 6.19. The molecular weight excluding hydrogens is 262 g/mol. The highest BCUT2D eigenvalue weighted by Crippen LogP contribution is 2.08. The minimum absolute atomic E-state index is 0.0955. The molecule has 0 atom stereocenters. The lowest BCUT2D eigenvalue weighted by Gasteiger charge is -2.02. The van der Waals surface area contributed by atoms with Gasteiger partial charge in [-0.1, -0.05) is 29.4 Å². The number of nitrogens with zero attached hydrogens (tertiary/aromatic N) is 1. The molecule has 0 radical (unpaired) electrons. The normalized spacial score (nSPS) is 9.85. The molecule has 0 aliphatic rings. The molecule has 1 rings (SSSR count). The summed E-state index contributed by atoms with van der Waals surface area (Å²) in [6.07, 6.45) is -0.00615. The third-order valence-corrected chi connectivity index (χ3v) is 2.59. The Bertz CT molecular complexity index is 507. The molecule has 0 bridgehead atoms. The number of ketones is 2. The second-order valence-corrected chi connectivity index (χ2v) is 4.04. The molecule has 106 valence electrons. The number of carbonyl (C=O) groups excluding carboxylic acids is 3. The fourth-order valence-corrected chi connectivity index (χ4v) is 1.56. The summed E-state index contributed by atoms with van der Waals surface area (Å²) in [5, 5.41) is 2.75. The Morgan fingerprint density at radius 1 is 1.15 bits per heavy atom. The maximum atomic E-state index is 11.8. The van der Waals surface area contributed by atoms with E-state index in [-0.39, 0.29) is 13.2 Å². The standard InChI is InChI=1S/C14H15NO5/c1-2-20-14(18)13(17)9-12(16)11-5-3-10(4-6-11)7-8-15-19/h3-6H,2,7-9H2,1H3. The summed E-state index contributed by atoms with van der Waals surface area (Å²) >= 11 is 0. The van der Waals surface area contributed by atoms with Crippen LogP contribution in [0.5, 0.6) is 0 Å². The van der Waals surface area contributed by atoms with Crippen molar-refractivity contribution in [3.63, 3.8) is 0 Å². The van der Waals surface area contributed by atoms with E-state index in [4.69, 9.17) is 0 Å². The van der Waals surface area contributed by atoms with Gasteiger partial charge in [-0.25, -0.2) is 4.79 Å². The lowest BCUT2D eigenvalue weighted by Crippen LogP contribution is -2.20. The van der Waals surface area contributed by atoms with E-state index in [2.05, 4.69) is 9.91 Å². The third-order valence-electron chi connectivity index (χ3n) is 2.59. The molecule has 0 aliphatic heterocycles. The van der Waals surface area contributed by atoms with Crippen molar-refractivity contribution < 1.29 is 19.1 Å². The maximum absolute atomic E-state index is 11.8. The monoisotopic (exact) mass is 277 g/mol. The van der Waals surface area contributed by atoms with Gasteiger partial charge in [-0.3, -0.25) is 9.59 Å². The van der Waals surface area contributed by atoms with Crippen molar-refractivity contribution in [2.24, 2.45) is 5.18 Å². The first kappa shape index (κ1) is 15.7. The summed E-state index contributed by atoms with van der Waals surface area (Å²) in [6, 6.07) is 6.49. The molecule has 0 heterocycles. The molecular formula is C14H15NO5. The van der Waals surface area contributed by atoms with Crippen LogP contribution in [0.3, 0.4) is 0 Å². The number of carbonyl (C=O) groups is 3. The highest BCUT2D eigenvalue weighted by molar-refractivity contribution is 6.38. The summed E-state index contributed by atoms with van der Waals surface area (Å²) in [5.74, 6) is -2.29. The fraction of sp³-hybridized carbons (Fsp3) is 0.357. The van der Waals surface area contributed by atoms with Crippen LogP contribution in [0.15, 0.2) is 29.4 Å². The van der Waals surface area contributed by atoms with Crippen LogP contribution >= 0.6 is 0 Å². The largest absolute Gasteiger partial charge is 0.460 e. The van der Waals surface area contributed by atoms with Crippen LogP contribution in [0.25, 0.3) is 0 Å². The molecule has 0 amide bonds. The van der Waals surface area contributed by atoms with Crippen LogP contribution in [0, 0.1) is 4.91 Å². The van der Waals surface area contributed by atoms with E-state index in [1.54, 1.807) is 31.2 Å². The number of rotatable bonds is 8. The highest BCUT2D eigenvalue weighted by Gasteiger charge is 2.19. The number of benzene rings is 1. The molecule has 0 saturated heterocycles. The smallest absolute Gasteiger partial charge is 0.375 e. The van der Waals surface area contributed by atoms with Crippen molar-refractivity contribution in [1.82, 2.24) is 0 Å². The zero-order valence-corrected chi connectivity index (χ0v) is 11.1. The van der Waals surface area contributed by atoms with Gasteiger partial charge >= 0.3 is 5.97 Å². The van der Waals surface area contributed by atoms with E-state index in [0.29, 0.717) is 12.0 Å². The van der Waals surface area contributed by atoms with Gasteiger partial charge in [0.1, 0.15) is 0 Å². The van der Waals surface area contributed by atoms with Gasteiger partial charge in [0, 0.05) is 5.56 Å². The topological polar surface area (TPSA) is 89.9 Å². The Labute approximate surface area is 116 Å². The summed E-state index contributed by atoms with van der Waals surface area (Å²) in [5.41, 5.74) is 1.21. The van der Waals surface area contributed by atoms with E-state index in [1.807, 2.05) is 0 Å². The highest BCUT2D eigenvalue weighted by atomic mass is 16.5. The van der Waals surface area contributed by atoms with E-state index >= 15 is 0 Å². The average Bonchev–Trinajstić information content (AvgIpc) is 2.45. The number of ether oxygens (including phenoxy) is 1.